The van der Waals surface area contributed by atoms with Crippen LogP contribution in [0.3, 0.4) is 0 Å². The Kier molecular flexibility index (Phi) is 5.67. The van der Waals surface area contributed by atoms with Gasteiger partial charge in [0.1, 0.15) is 6.33 Å². The van der Waals surface area contributed by atoms with Gasteiger partial charge in [0.15, 0.2) is 6.61 Å². The van der Waals surface area contributed by atoms with Crippen LogP contribution in [0.15, 0.2) is 30.6 Å². The van der Waals surface area contributed by atoms with Crippen LogP contribution in [0.25, 0.3) is 5.78 Å². The lowest BCUT2D eigenvalue weighted by atomic mass is 10.0. The van der Waals surface area contributed by atoms with Crippen molar-refractivity contribution in [3.8, 4) is 0 Å². The fourth-order valence-electron chi connectivity index (χ4n) is 2.90. The molecular formula is C20H23N5O3. The van der Waals surface area contributed by atoms with Crippen molar-refractivity contribution in [3.05, 3.63) is 53.1 Å². The van der Waals surface area contributed by atoms with E-state index in [1.54, 1.807) is 11.4 Å². The molecule has 146 valence electrons. The molecule has 1 N–H and O–H groups in total. The number of ether oxygens (including phenoxy) is 1. The van der Waals surface area contributed by atoms with Crippen LogP contribution in [0.5, 0.6) is 0 Å². The number of rotatable bonds is 6. The quantitative estimate of drug-likeness (QED) is 0.659. The van der Waals surface area contributed by atoms with Gasteiger partial charge in [0, 0.05) is 22.6 Å². The summed E-state index contributed by atoms with van der Waals surface area (Å²) in [5.41, 5.74) is 4.02. The second-order valence-corrected chi connectivity index (χ2v) is 6.90. The molecule has 8 nitrogen and oxygen atoms in total. The zero-order valence-electron chi connectivity index (χ0n) is 16.4. The average molecular weight is 381 g/mol. The molecular weight excluding hydrogens is 358 g/mol. The first-order chi connectivity index (χ1) is 13.3. The summed E-state index contributed by atoms with van der Waals surface area (Å²) in [6, 6.07) is 7.60. The topological polar surface area (TPSA) is 98.5 Å². The molecule has 3 rings (SSSR count). The second-order valence-electron chi connectivity index (χ2n) is 6.90. The maximum absolute atomic E-state index is 12.2. The highest BCUT2D eigenvalue weighted by Crippen LogP contribution is 2.17. The van der Waals surface area contributed by atoms with Crippen molar-refractivity contribution in [2.45, 2.75) is 40.0 Å². The van der Waals surface area contributed by atoms with Crippen LogP contribution < -0.4 is 5.32 Å². The van der Waals surface area contributed by atoms with Crippen molar-refractivity contribution >= 4 is 23.3 Å². The number of nitrogens with one attached hydrogen (secondary N) is 1. The molecule has 0 fully saturated rings. The van der Waals surface area contributed by atoms with E-state index in [4.69, 9.17) is 4.74 Å². The zero-order chi connectivity index (χ0) is 20.3. The van der Waals surface area contributed by atoms with E-state index in [1.165, 1.54) is 11.9 Å². The smallest absolute Gasteiger partial charge is 0.310 e. The number of fused-ring (bicyclic) bond motifs is 1. The third-order valence-electron chi connectivity index (χ3n) is 4.54. The van der Waals surface area contributed by atoms with E-state index >= 15 is 0 Å². The fraction of sp³-hybridized carbons (Fsp3) is 0.350. The largest absolute Gasteiger partial charge is 0.455 e. The van der Waals surface area contributed by atoms with Gasteiger partial charge in [0.25, 0.3) is 11.7 Å². The van der Waals surface area contributed by atoms with Gasteiger partial charge in [0.05, 0.1) is 6.42 Å². The summed E-state index contributed by atoms with van der Waals surface area (Å²) in [6.07, 6.45) is 1.42. The molecule has 0 spiro atoms. The Hall–Kier alpha value is -3.29. The fourth-order valence-corrected chi connectivity index (χ4v) is 2.90. The van der Waals surface area contributed by atoms with Crippen LogP contribution in [0.2, 0.25) is 0 Å². The molecule has 1 amide bonds. The van der Waals surface area contributed by atoms with Crippen LogP contribution in [0.1, 0.15) is 42.3 Å². The number of carbonyl (C=O) groups is 2. The molecule has 0 unspecified atom stereocenters. The number of aromatic nitrogens is 4. The monoisotopic (exact) mass is 381 g/mol. The van der Waals surface area contributed by atoms with Crippen molar-refractivity contribution in [1.29, 1.82) is 0 Å². The molecule has 0 saturated carbocycles. The van der Waals surface area contributed by atoms with Gasteiger partial charge in [-0.05, 0) is 37.5 Å². The Morgan fingerprint density at radius 3 is 2.57 bits per heavy atom. The molecule has 0 aliphatic heterocycles. The Bertz CT molecular complexity index is 1010. The number of aryl methyl sites for hydroxylation is 2. The lowest BCUT2D eigenvalue weighted by Crippen LogP contribution is -2.22. The molecule has 0 radical (unpaired) electrons. The van der Waals surface area contributed by atoms with Gasteiger partial charge < -0.3 is 10.1 Å². The standard InChI is InChI=1S/C20H23N5O3/c1-12(2)15-5-7-16(8-6-15)24-18(26)10-28-19(27)9-17-13(3)23-20-21-11-22-25(20)14(17)4/h5-8,11-12H,9-10H2,1-4H3,(H,24,26). The Morgan fingerprint density at radius 2 is 1.89 bits per heavy atom. The number of hydrogen-bond donors (Lipinski definition) is 1. The van der Waals surface area contributed by atoms with Gasteiger partial charge in [-0.3, -0.25) is 9.59 Å². The third kappa shape index (κ3) is 4.33. The predicted molar refractivity (Wildman–Crippen MR) is 104 cm³/mol. The van der Waals surface area contributed by atoms with E-state index in [0.29, 0.717) is 28.6 Å². The summed E-state index contributed by atoms with van der Waals surface area (Å²) in [5, 5.41) is 6.81. The van der Waals surface area contributed by atoms with Crippen LogP contribution >= 0.6 is 0 Å². The van der Waals surface area contributed by atoms with Gasteiger partial charge in [0.2, 0.25) is 0 Å². The van der Waals surface area contributed by atoms with Gasteiger partial charge in [-0.25, -0.2) is 9.50 Å². The van der Waals surface area contributed by atoms with Crippen molar-refractivity contribution in [3.63, 3.8) is 0 Å². The first-order valence-corrected chi connectivity index (χ1v) is 9.06. The Morgan fingerprint density at radius 1 is 1.18 bits per heavy atom. The molecule has 0 aliphatic carbocycles. The van der Waals surface area contributed by atoms with Gasteiger partial charge in [-0.15, -0.1) is 0 Å². The van der Waals surface area contributed by atoms with Crippen LogP contribution in [-0.2, 0) is 20.7 Å². The number of nitrogens with zero attached hydrogens (tertiary/aromatic N) is 4. The van der Waals surface area contributed by atoms with E-state index in [2.05, 4.69) is 34.2 Å². The molecule has 0 saturated heterocycles. The van der Waals surface area contributed by atoms with E-state index in [-0.39, 0.29) is 18.9 Å². The summed E-state index contributed by atoms with van der Waals surface area (Å²) < 4.78 is 6.69. The summed E-state index contributed by atoms with van der Waals surface area (Å²) in [7, 11) is 0. The zero-order valence-corrected chi connectivity index (χ0v) is 16.4. The minimum atomic E-state index is -0.502. The highest BCUT2D eigenvalue weighted by atomic mass is 16.5. The van der Waals surface area contributed by atoms with E-state index in [0.717, 1.165) is 5.69 Å². The van der Waals surface area contributed by atoms with Gasteiger partial charge in [-0.1, -0.05) is 26.0 Å². The van der Waals surface area contributed by atoms with Crippen molar-refractivity contribution in [2.75, 3.05) is 11.9 Å². The Balaban J connectivity index is 1.56. The normalized spacial score (nSPS) is 11.0. The SMILES string of the molecule is Cc1nc2ncnn2c(C)c1CC(=O)OCC(=O)Nc1ccc(C(C)C)cc1. The molecule has 8 heteroatoms. The summed E-state index contributed by atoms with van der Waals surface area (Å²) in [6.45, 7) is 7.51. The number of benzene rings is 1. The van der Waals surface area contributed by atoms with Gasteiger partial charge >= 0.3 is 5.97 Å². The molecule has 2 aromatic heterocycles. The number of carbonyl (C=O) groups excluding carboxylic acids is 2. The number of esters is 1. The van der Waals surface area contributed by atoms with Crippen molar-refractivity contribution in [2.24, 2.45) is 0 Å². The van der Waals surface area contributed by atoms with Crippen molar-refractivity contribution < 1.29 is 14.3 Å². The first-order valence-electron chi connectivity index (χ1n) is 9.06. The molecule has 0 aliphatic rings. The first kappa shape index (κ1) is 19.5. The lowest BCUT2D eigenvalue weighted by molar-refractivity contribution is -0.146. The molecule has 28 heavy (non-hydrogen) atoms. The number of anilines is 1. The maximum atomic E-state index is 12.2. The molecule has 1 aromatic carbocycles. The summed E-state index contributed by atoms with van der Waals surface area (Å²) >= 11 is 0. The highest BCUT2D eigenvalue weighted by molar-refractivity contribution is 5.92. The maximum Gasteiger partial charge on any atom is 0.310 e. The predicted octanol–water partition coefficient (Wildman–Crippen LogP) is 2.59. The summed E-state index contributed by atoms with van der Waals surface area (Å²) in [4.78, 5) is 32.6. The highest BCUT2D eigenvalue weighted by Gasteiger charge is 2.16. The second kappa shape index (κ2) is 8.16. The Labute approximate surface area is 163 Å². The minimum Gasteiger partial charge on any atom is -0.455 e. The lowest BCUT2D eigenvalue weighted by Gasteiger charge is -2.11. The van der Waals surface area contributed by atoms with Crippen LogP contribution in [0.4, 0.5) is 5.69 Å². The van der Waals surface area contributed by atoms with Crippen molar-refractivity contribution in [1.82, 2.24) is 19.6 Å². The van der Waals surface area contributed by atoms with E-state index in [1.807, 2.05) is 31.2 Å². The molecule has 0 atom stereocenters. The molecule has 3 aromatic rings. The molecule has 2 heterocycles. The van der Waals surface area contributed by atoms with Crippen LogP contribution in [-0.4, -0.2) is 38.1 Å². The van der Waals surface area contributed by atoms with Crippen LogP contribution in [0, 0.1) is 13.8 Å². The summed E-state index contributed by atoms with van der Waals surface area (Å²) in [5.74, 6) is 0.0144. The average Bonchev–Trinajstić information content (AvgIpc) is 3.12. The minimum absolute atomic E-state index is 0.0107. The van der Waals surface area contributed by atoms with E-state index < -0.39 is 5.97 Å². The number of amides is 1. The van der Waals surface area contributed by atoms with Gasteiger partial charge in [-0.2, -0.15) is 10.1 Å². The van der Waals surface area contributed by atoms with E-state index in [9.17, 15) is 9.59 Å². The third-order valence-corrected chi connectivity index (χ3v) is 4.54. The molecule has 0 bridgehead atoms. The number of hydrogen-bond acceptors (Lipinski definition) is 6.